The largest absolute Gasteiger partial charge is 0.366 e. The molecule has 0 aliphatic carbocycles. The van der Waals surface area contributed by atoms with Gasteiger partial charge in [0.05, 0.1) is 0 Å². The molecule has 86 valence electrons. The summed E-state index contributed by atoms with van der Waals surface area (Å²) in [6.45, 7) is 0. The Morgan fingerprint density at radius 3 is 2.35 bits per heavy atom. The number of primary amides is 1. The van der Waals surface area contributed by atoms with Crippen LogP contribution in [0.15, 0.2) is 42.5 Å². The van der Waals surface area contributed by atoms with Gasteiger partial charge in [0.2, 0.25) is 5.91 Å². The lowest BCUT2D eigenvalue weighted by Gasteiger charge is -2.07. The lowest BCUT2D eigenvalue weighted by molar-refractivity contribution is 0.100. The number of carbonyl (C=O) groups is 1. The van der Waals surface area contributed by atoms with E-state index in [0.717, 1.165) is 12.1 Å². The van der Waals surface area contributed by atoms with Gasteiger partial charge in [0.1, 0.15) is 11.6 Å². The summed E-state index contributed by atoms with van der Waals surface area (Å²) >= 11 is 0. The Balaban J connectivity index is 2.65. The van der Waals surface area contributed by atoms with Crippen molar-refractivity contribution in [3.05, 3.63) is 59.7 Å². The van der Waals surface area contributed by atoms with Gasteiger partial charge in [-0.25, -0.2) is 8.78 Å². The highest BCUT2D eigenvalue weighted by molar-refractivity contribution is 5.99. The molecule has 0 atom stereocenters. The summed E-state index contributed by atoms with van der Waals surface area (Å²) < 4.78 is 26.2. The molecule has 2 aromatic carbocycles. The topological polar surface area (TPSA) is 43.1 Å². The Labute approximate surface area is 96.7 Å². The zero-order valence-corrected chi connectivity index (χ0v) is 8.78. The van der Waals surface area contributed by atoms with Gasteiger partial charge in [-0.2, -0.15) is 0 Å². The van der Waals surface area contributed by atoms with Gasteiger partial charge in [-0.15, -0.1) is 0 Å². The van der Waals surface area contributed by atoms with Crippen molar-refractivity contribution in [3.8, 4) is 11.1 Å². The molecule has 2 rings (SSSR count). The molecule has 0 unspecified atom stereocenters. The van der Waals surface area contributed by atoms with Crippen molar-refractivity contribution in [2.45, 2.75) is 0 Å². The number of amides is 1. The monoisotopic (exact) mass is 233 g/mol. The zero-order chi connectivity index (χ0) is 12.4. The Bertz CT molecular complexity index is 581. The van der Waals surface area contributed by atoms with E-state index in [2.05, 4.69) is 0 Å². The summed E-state index contributed by atoms with van der Waals surface area (Å²) in [4.78, 5) is 11.2. The second-order valence-corrected chi connectivity index (χ2v) is 3.56. The minimum Gasteiger partial charge on any atom is -0.366 e. The molecule has 0 saturated carbocycles. The number of rotatable bonds is 2. The van der Waals surface area contributed by atoms with Crippen LogP contribution in [0.3, 0.4) is 0 Å². The van der Waals surface area contributed by atoms with Crippen LogP contribution in [0, 0.1) is 11.6 Å². The lowest BCUT2D eigenvalue weighted by Crippen LogP contribution is -2.12. The summed E-state index contributed by atoms with van der Waals surface area (Å²) in [5.41, 5.74) is 6.05. The van der Waals surface area contributed by atoms with Crippen molar-refractivity contribution in [2.75, 3.05) is 0 Å². The first-order valence-corrected chi connectivity index (χ1v) is 4.93. The van der Waals surface area contributed by atoms with Crippen LogP contribution in [0.2, 0.25) is 0 Å². The van der Waals surface area contributed by atoms with Crippen molar-refractivity contribution < 1.29 is 13.6 Å². The van der Waals surface area contributed by atoms with Gasteiger partial charge in [0.15, 0.2) is 0 Å². The molecule has 0 aliphatic rings. The second-order valence-electron chi connectivity index (χ2n) is 3.56. The van der Waals surface area contributed by atoms with E-state index >= 15 is 0 Å². The second kappa shape index (κ2) is 4.33. The van der Waals surface area contributed by atoms with Gasteiger partial charge in [-0.05, 0) is 41.5 Å². The highest BCUT2D eigenvalue weighted by Crippen LogP contribution is 2.25. The lowest BCUT2D eigenvalue weighted by atomic mass is 9.99. The van der Waals surface area contributed by atoms with Gasteiger partial charge < -0.3 is 5.73 Å². The average molecular weight is 233 g/mol. The molecule has 0 aliphatic heterocycles. The van der Waals surface area contributed by atoms with E-state index in [1.165, 1.54) is 24.3 Å². The molecule has 4 heteroatoms. The molecule has 2 nitrogen and oxygen atoms in total. The fourth-order valence-corrected chi connectivity index (χ4v) is 1.63. The Kier molecular flexibility index (Phi) is 2.87. The molecule has 0 aromatic heterocycles. The molecule has 1 amide bonds. The maximum atomic E-state index is 13.2. The van der Waals surface area contributed by atoms with E-state index in [1.54, 1.807) is 6.07 Å². The molecule has 17 heavy (non-hydrogen) atoms. The fraction of sp³-hybridized carbons (Fsp3) is 0. The maximum absolute atomic E-state index is 13.2. The Morgan fingerprint density at radius 1 is 1.00 bits per heavy atom. The third-order valence-electron chi connectivity index (χ3n) is 2.38. The van der Waals surface area contributed by atoms with E-state index in [0.29, 0.717) is 5.56 Å². The summed E-state index contributed by atoms with van der Waals surface area (Å²) in [5.74, 6) is -1.64. The normalized spacial score (nSPS) is 10.2. The highest BCUT2D eigenvalue weighted by Gasteiger charge is 2.11. The smallest absolute Gasteiger partial charge is 0.249 e. The summed E-state index contributed by atoms with van der Waals surface area (Å²) in [7, 11) is 0. The molecule has 0 heterocycles. The van der Waals surface area contributed by atoms with Gasteiger partial charge in [-0.3, -0.25) is 4.79 Å². The number of carbonyl (C=O) groups excluding carboxylic acids is 1. The van der Waals surface area contributed by atoms with Gasteiger partial charge in [-0.1, -0.05) is 12.1 Å². The van der Waals surface area contributed by atoms with Crippen LogP contribution in [0.1, 0.15) is 10.4 Å². The first kappa shape index (κ1) is 11.3. The third kappa shape index (κ3) is 2.30. The van der Waals surface area contributed by atoms with E-state index in [1.807, 2.05) is 0 Å². The van der Waals surface area contributed by atoms with E-state index in [4.69, 9.17) is 5.73 Å². The van der Waals surface area contributed by atoms with Crippen LogP contribution in [0.25, 0.3) is 11.1 Å². The molecule has 0 saturated heterocycles. The summed E-state index contributed by atoms with van der Waals surface area (Å²) in [5, 5.41) is 0. The highest BCUT2D eigenvalue weighted by atomic mass is 19.1. The van der Waals surface area contributed by atoms with E-state index in [-0.39, 0.29) is 11.1 Å². The first-order chi connectivity index (χ1) is 8.08. The Hall–Kier alpha value is -2.23. The molecule has 0 radical (unpaired) electrons. The van der Waals surface area contributed by atoms with Crippen molar-refractivity contribution in [2.24, 2.45) is 5.73 Å². The minimum atomic E-state index is -0.677. The average Bonchev–Trinajstić information content (AvgIpc) is 2.28. The van der Waals surface area contributed by atoms with E-state index in [9.17, 15) is 13.6 Å². The van der Waals surface area contributed by atoms with Crippen molar-refractivity contribution in [1.82, 2.24) is 0 Å². The molecule has 0 fully saturated rings. The van der Waals surface area contributed by atoms with Crippen LogP contribution in [0.5, 0.6) is 0 Å². The first-order valence-electron chi connectivity index (χ1n) is 4.93. The number of hydrogen-bond acceptors (Lipinski definition) is 1. The Morgan fingerprint density at radius 2 is 1.71 bits per heavy atom. The maximum Gasteiger partial charge on any atom is 0.249 e. The van der Waals surface area contributed by atoms with Crippen molar-refractivity contribution in [3.63, 3.8) is 0 Å². The molecular weight excluding hydrogens is 224 g/mol. The van der Waals surface area contributed by atoms with Gasteiger partial charge in [0.25, 0.3) is 0 Å². The zero-order valence-electron chi connectivity index (χ0n) is 8.78. The van der Waals surface area contributed by atoms with Crippen molar-refractivity contribution >= 4 is 5.91 Å². The van der Waals surface area contributed by atoms with Crippen molar-refractivity contribution in [1.29, 1.82) is 0 Å². The number of benzene rings is 2. The summed E-state index contributed by atoms with van der Waals surface area (Å²) in [6.07, 6.45) is 0. The van der Waals surface area contributed by atoms with Crippen LogP contribution < -0.4 is 5.73 Å². The van der Waals surface area contributed by atoms with Gasteiger partial charge in [0, 0.05) is 5.56 Å². The van der Waals surface area contributed by atoms with Crippen LogP contribution >= 0.6 is 0 Å². The summed E-state index contributed by atoms with van der Waals surface area (Å²) in [6, 6.07) is 9.16. The fourth-order valence-electron chi connectivity index (χ4n) is 1.63. The molecule has 2 N–H and O–H groups in total. The number of hydrogen-bond donors (Lipinski definition) is 1. The van der Waals surface area contributed by atoms with Crippen LogP contribution in [-0.4, -0.2) is 5.91 Å². The van der Waals surface area contributed by atoms with Gasteiger partial charge >= 0.3 is 0 Å². The van der Waals surface area contributed by atoms with Crippen LogP contribution in [-0.2, 0) is 0 Å². The molecule has 2 aromatic rings. The number of nitrogens with two attached hydrogens (primary N) is 1. The number of halogens is 2. The molecule has 0 spiro atoms. The van der Waals surface area contributed by atoms with Crippen LogP contribution in [0.4, 0.5) is 8.78 Å². The quantitative estimate of drug-likeness (QED) is 0.851. The molecular formula is C13H9F2NO. The SMILES string of the molecule is NC(=O)c1ccc(F)cc1-c1cccc(F)c1. The minimum absolute atomic E-state index is 0.164. The molecule has 0 bridgehead atoms. The predicted octanol–water partition coefficient (Wildman–Crippen LogP) is 2.73. The third-order valence-corrected chi connectivity index (χ3v) is 2.38. The van der Waals surface area contributed by atoms with E-state index < -0.39 is 17.5 Å². The predicted molar refractivity (Wildman–Crippen MR) is 60.3 cm³/mol. The standard InChI is InChI=1S/C13H9F2NO/c14-9-3-1-2-8(6-9)12-7-10(15)4-5-11(12)13(16)17/h1-7H,(H2,16,17).